The van der Waals surface area contributed by atoms with E-state index in [4.69, 9.17) is 17.0 Å². The van der Waals surface area contributed by atoms with E-state index in [9.17, 15) is 18.3 Å². The largest absolute Gasteiger partial charge is 0.393 e. The van der Waals surface area contributed by atoms with Crippen LogP contribution in [0.15, 0.2) is 54.2 Å². The maximum Gasteiger partial charge on any atom is 0.393 e. The van der Waals surface area contributed by atoms with E-state index in [1.807, 2.05) is 16.8 Å². The predicted octanol–water partition coefficient (Wildman–Crippen LogP) is 4.91. The fourth-order valence-corrected chi connectivity index (χ4v) is 5.13. The molecule has 4 N–H and O–H groups in total. The van der Waals surface area contributed by atoms with E-state index >= 15 is 0 Å². The fourth-order valence-electron chi connectivity index (χ4n) is 3.92. The molecule has 0 aromatic carbocycles. The van der Waals surface area contributed by atoms with Gasteiger partial charge in [0.05, 0.1) is 17.1 Å². The van der Waals surface area contributed by atoms with Crippen LogP contribution in [-0.2, 0) is 13.1 Å². The lowest BCUT2D eigenvalue weighted by Gasteiger charge is -2.24. The average Bonchev–Trinajstić information content (AvgIpc) is 3.38. The van der Waals surface area contributed by atoms with Crippen LogP contribution in [0.3, 0.4) is 0 Å². The molecule has 196 valence electrons. The van der Waals surface area contributed by atoms with Crippen LogP contribution >= 0.6 is 23.4 Å². The first kappa shape index (κ1) is 26.8. The van der Waals surface area contributed by atoms with Crippen molar-refractivity contribution >= 4 is 35.4 Å². The zero-order valence-corrected chi connectivity index (χ0v) is 21.3. The van der Waals surface area contributed by atoms with Crippen molar-refractivity contribution in [3.05, 3.63) is 54.1 Å². The van der Waals surface area contributed by atoms with E-state index in [0.717, 1.165) is 17.9 Å². The van der Waals surface area contributed by atoms with Crippen molar-refractivity contribution < 1.29 is 18.3 Å². The number of nitrogens with zero attached hydrogens (tertiary/aromatic N) is 5. The van der Waals surface area contributed by atoms with E-state index in [1.165, 1.54) is 6.20 Å². The molecule has 0 aliphatic carbocycles. The summed E-state index contributed by atoms with van der Waals surface area (Å²) in [5, 5.41) is 32.7. The van der Waals surface area contributed by atoms with E-state index in [1.54, 1.807) is 23.8 Å². The summed E-state index contributed by atoms with van der Waals surface area (Å²) in [5.74, 6) is 1.56. The van der Waals surface area contributed by atoms with Gasteiger partial charge in [0.25, 0.3) is 0 Å². The first-order valence-corrected chi connectivity index (χ1v) is 12.3. The van der Waals surface area contributed by atoms with Gasteiger partial charge in [-0.15, -0.1) is 10.2 Å². The zero-order valence-electron chi connectivity index (χ0n) is 19.7. The number of aliphatic hydroxyl groups is 1. The maximum absolute atomic E-state index is 13.0. The van der Waals surface area contributed by atoms with Gasteiger partial charge in [0, 0.05) is 49.9 Å². The molecule has 4 heterocycles. The lowest BCUT2D eigenvalue weighted by Crippen LogP contribution is -2.29. The van der Waals surface area contributed by atoms with Gasteiger partial charge in [0.2, 0.25) is 0 Å². The van der Waals surface area contributed by atoms with Gasteiger partial charge in [-0.3, -0.25) is 0 Å². The molecule has 37 heavy (non-hydrogen) atoms. The summed E-state index contributed by atoms with van der Waals surface area (Å²) in [6.07, 6.45) is 1.63. The predicted molar refractivity (Wildman–Crippen MR) is 138 cm³/mol. The van der Waals surface area contributed by atoms with Gasteiger partial charge in [0.15, 0.2) is 11.0 Å². The number of pyridine rings is 1. The Morgan fingerprint density at radius 1 is 1.32 bits per heavy atom. The fraction of sp³-hybridized carbons (Fsp3) is 0.304. The number of fused-ring (bicyclic) bond motifs is 3. The van der Waals surface area contributed by atoms with E-state index < -0.39 is 17.5 Å². The monoisotopic (exact) mass is 552 g/mol. The van der Waals surface area contributed by atoms with E-state index in [2.05, 4.69) is 32.4 Å². The van der Waals surface area contributed by atoms with Crippen molar-refractivity contribution in [2.45, 2.75) is 42.2 Å². The molecular weight excluding hydrogens is 529 g/mol. The second-order valence-electron chi connectivity index (χ2n) is 8.23. The summed E-state index contributed by atoms with van der Waals surface area (Å²) >= 11 is 7.05. The van der Waals surface area contributed by atoms with Crippen molar-refractivity contribution in [3.8, 4) is 22.6 Å². The van der Waals surface area contributed by atoms with Crippen LogP contribution in [0.4, 0.5) is 19.0 Å². The number of hydrogen-bond acceptors (Lipinski definition) is 8. The van der Waals surface area contributed by atoms with Crippen molar-refractivity contribution in [1.29, 1.82) is 5.41 Å². The summed E-state index contributed by atoms with van der Waals surface area (Å²) < 4.78 is 42.8. The molecule has 3 aromatic heterocycles. The highest BCUT2D eigenvalue weighted by Crippen LogP contribution is 2.41. The van der Waals surface area contributed by atoms with Crippen molar-refractivity contribution in [1.82, 2.24) is 29.6 Å². The molecule has 9 nitrogen and oxygen atoms in total. The minimum atomic E-state index is -4.58. The molecule has 14 heteroatoms. The third kappa shape index (κ3) is 6.00. The molecule has 1 atom stereocenters. The summed E-state index contributed by atoms with van der Waals surface area (Å²) in [5.41, 5.74) is 2.21. The summed E-state index contributed by atoms with van der Waals surface area (Å²) in [6, 6.07) is 3.66. The molecule has 4 rings (SSSR count). The van der Waals surface area contributed by atoms with Gasteiger partial charge in [-0.1, -0.05) is 18.2 Å². The summed E-state index contributed by atoms with van der Waals surface area (Å²) in [4.78, 5) is 2.02. The average molecular weight is 553 g/mol. The van der Waals surface area contributed by atoms with E-state index in [0.29, 0.717) is 65.0 Å². The lowest BCUT2D eigenvalue weighted by molar-refractivity contribution is -0.152. The molecule has 0 amide bonds. The van der Waals surface area contributed by atoms with Gasteiger partial charge in [-0.05, 0) is 42.5 Å². The second-order valence-corrected chi connectivity index (χ2v) is 9.92. The normalized spacial score (nSPS) is 15.2. The maximum atomic E-state index is 13.0. The first-order chi connectivity index (χ1) is 17.6. The Balaban J connectivity index is 1.68. The van der Waals surface area contributed by atoms with Crippen LogP contribution in [-0.4, -0.2) is 53.8 Å². The molecular formula is C23H24ClF3N8OS. The quantitative estimate of drug-likeness (QED) is 0.129. The number of hydrogen-bond donors (Lipinski definition) is 4. The number of thioether (sulfide) groups is 1. The Bertz CT molecular complexity index is 1350. The number of halogens is 4. The molecule has 0 fully saturated rings. The lowest BCUT2D eigenvalue weighted by atomic mass is 10.1. The third-order valence-electron chi connectivity index (χ3n) is 5.61. The number of aryl methyl sites for hydroxylation is 1. The standard InChI is InChI=1S/C23H24ClF3N8OS/c1-3-22(36,13-23(25,26)27)37-21-33-32-20-17-9-14(12-34(17)7-4-8-35(20)21)15-10-19(30-11-16(15)24)31-18(29-2)5-6-28/h3,5-6,9-12,28-29,36H,1,4,7-8,13H2,2H3,(H,30,31)/b18-5+,28-6?. The highest BCUT2D eigenvalue weighted by Gasteiger charge is 2.41. The minimum absolute atomic E-state index is 0.170. The highest BCUT2D eigenvalue weighted by atomic mass is 35.5. The molecule has 1 unspecified atom stereocenters. The molecule has 3 aromatic rings. The van der Waals surface area contributed by atoms with Crippen LogP contribution in [0.5, 0.6) is 0 Å². The van der Waals surface area contributed by atoms with Crippen LogP contribution in [0.1, 0.15) is 12.8 Å². The Hall–Kier alpha value is -3.29. The molecule has 0 spiro atoms. The first-order valence-electron chi connectivity index (χ1n) is 11.1. The number of alkyl halides is 3. The second kappa shape index (κ2) is 10.6. The van der Waals surface area contributed by atoms with Crippen molar-refractivity contribution in [3.63, 3.8) is 0 Å². The Kier molecular flexibility index (Phi) is 7.67. The van der Waals surface area contributed by atoms with Gasteiger partial charge in [-0.2, -0.15) is 13.2 Å². The number of anilines is 1. The van der Waals surface area contributed by atoms with Gasteiger partial charge >= 0.3 is 6.18 Å². The van der Waals surface area contributed by atoms with Crippen molar-refractivity contribution in [2.75, 3.05) is 12.4 Å². The highest BCUT2D eigenvalue weighted by molar-refractivity contribution is 8.00. The molecule has 1 aliphatic heterocycles. The van der Waals surface area contributed by atoms with Crippen LogP contribution < -0.4 is 10.6 Å². The van der Waals surface area contributed by atoms with Gasteiger partial charge in [-0.25, -0.2) is 4.98 Å². The molecule has 0 saturated carbocycles. The summed E-state index contributed by atoms with van der Waals surface area (Å²) in [7, 11) is 1.71. The molecule has 1 aliphatic rings. The smallest absolute Gasteiger partial charge is 0.375 e. The summed E-state index contributed by atoms with van der Waals surface area (Å²) in [6.45, 7) is 4.48. The van der Waals surface area contributed by atoms with Gasteiger partial charge < -0.3 is 30.3 Å². The number of aromatic nitrogens is 5. The van der Waals surface area contributed by atoms with Crippen LogP contribution in [0.2, 0.25) is 5.02 Å². The Morgan fingerprint density at radius 2 is 2.11 bits per heavy atom. The molecule has 0 saturated heterocycles. The van der Waals surface area contributed by atoms with E-state index in [-0.39, 0.29) is 5.16 Å². The number of rotatable bonds is 9. The Morgan fingerprint density at radius 3 is 2.78 bits per heavy atom. The van der Waals surface area contributed by atoms with Crippen molar-refractivity contribution in [2.24, 2.45) is 0 Å². The number of nitrogens with one attached hydrogen (secondary N) is 3. The van der Waals surface area contributed by atoms with Crippen LogP contribution in [0.25, 0.3) is 22.6 Å². The SMILES string of the molecule is C=CC(O)(CC(F)(F)F)Sc1nnc2n1CCCn1cc(-c3cc(N/C(=C/C=N)NC)ncc3Cl)cc1-2. The Labute approximate surface area is 220 Å². The minimum Gasteiger partial charge on any atom is -0.375 e. The zero-order chi connectivity index (χ0) is 26.8. The van der Waals surface area contributed by atoms with Crippen LogP contribution in [0, 0.1) is 5.41 Å². The topological polar surface area (TPSA) is 117 Å². The third-order valence-corrected chi connectivity index (χ3v) is 7.06. The molecule has 0 bridgehead atoms. The number of allylic oxidation sites excluding steroid dienone is 1. The molecule has 0 radical (unpaired) electrons. The van der Waals surface area contributed by atoms with Gasteiger partial charge in [0.1, 0.15) is 16.6 Å².